The smallest absolute Gasteiger partial charge is 0.139 e. The van der Waals surface area contributed by atoms with E-state index >= 15 is 0 Å². The van der Waals surface area contributed by atoms with Crippen molar-refractivity contribution in [3.8, 4) is 0 Å². The van der Waals surface area contributed by atoms with Crippen molar-refractivity contribution in [2.24, 2.45) is 0 Å². The third-order valence-corrected chi connectivity index (χ3v) is 3.91. The van der Waals surface area contributed by atoms with Gasteiger partial charge in [0.25, 0.3) is 0 Å². The van der Waals surface area contributed by atoms with E-state index in [0.29, 0.717) is 11.0 Å². The SMILES string of the molecule is CC(=O)CSC1Cc2ccccc2C1. The van der Waals surface area contributed by atoms with E-state index in [9.17, 15) is 4.79 Å². The molecule has 0 aliphatic heterocycles. The molecular formula is C12H14OS. The second-order valence-corrected chi connectivity index (χ2v) is 5.10. The molecule has 0 heterocycles. The van der Waals surface area contributed by atoms with Crippen LogP contribution in [-0.4, -0.2) is 16.8 Å². The molecule has 1 aromatic carbocycles. The summed E-state index contributed by atoms with van der Waals surface area (Å²) in [6.07, 6.45) is 2.27. The lowest BCUT2D eigenvalue weighted by atomic mass is 10.1. The van der Waals surface area contributed by atoms with Crippen molar-refractivity contribution < 1.29 is 4.79 Å². The lowest BCUT2D eigenvalue weighted by Crippen LogP contribution is -2.05. The van der Waals surface area contributed by atoms with E-state index in [-0.39, 0.29) is 5.78 Å². The van der Waals surface area contributed by atoms with Gasteiger partial charge in [0.1, 0.15) is 5.78 Å². The fourth-order valence-corrected chi connectivity index (χ4v) is 2.94. The Labute approximate surface area is 88.9 Å². The number of rotatable bonds is 3. The van der Waals surface area contributed by atoms with Crippen molar-refractivity contribution >= 4 is 17.5 Å². The van der Waals surface area contributed by atoms with Crippen LogP contribution < -0.4 is 0 Å². The topological polar surface area (TPSA) is 17.1 Å². The standard InChI is InChI=1S/C12H14OS/c1-9(13)8-14-12-6-10-4-2-3-5-11(10)7-12/h2-5,12H,6-8H2,1H3. The first-order valence-electron chi connectivity index (χ1n) is 4.93. The minimum Gasteiger partial charge on any atom is -0.299 e. The number of carbonyl (C=O) groups is 1. The van der Waals surface area contributed by atoms with Crippen molar-refractivity contribution in [2.75, 3.05) is 5.75 Å². The minimum absolute atomic E-state index is 0.283. The predicted octanol–water partition coefficient (Wildman–Crippen LogP) is 2.48. The van der Waals surface area contributed by atoms with E-state index in [1.165, 1.54) is 11.1 Å². The van der Waals surface area contributed by atoms with Crippen molar-refractivity contribution in [2.45, 2.75) is 25.0 Å². The lowest BCUT2D eigenvalue weighted by Gasteiger charge is -2.05. The minimum atomic E-state index is 0.283. The maximum absolute atomic E-state index is 10.9. The van der Waals surface area contributed by atoms with Gasteiger partial charge in [-0.3, -0.25) is 4.79 Å². The van der Waals surface area contributed by atoms with Gasteiger partial charge >= 0.3 is 0 Å². The molecule has 0 atom stereocenters. The van der Waals surface area contributed by atoms with E-state index in [4.69, 9.17) is 0 Å². The zero-order chi connectivity index (χ0) is 9.97. The highest BCUT2D eigenvalue weighted by molar-refractivity contribution is 8.00. The Morgan fingerprint density at radius 2 is 1.93 bits per heavy atom. The van der Waals surface area contributed by atoms with Crippen LogP contribution in [0.15, 0.2) is 24.3 Å². The van der Waals surface area contributed by atoms with Crippen LogP contribution in [0.4, 0.5) is 0 Å². The molecule has 0 radical (unpaired) electrons. The molecule has 0 fully saturated rings. The molecule has 2 rings (SSSR count). The van der Waals surface area contributed by atoms with Gasteiger partial charge in [0.2, 0.25) is 0 Å². The number of hydrogen-bond donors (Lipinski definition) is 0. The summed E-state index contributed by atoms with van der Waals surface area (Å²) >= 11 is 1.80. The van der Waals surface area contributed by atoms with Crippen LogP contribution in [0.3, 0.4) is 0 Å². The molecule has 0 aromatic heterocycles. The summed E-state index contributed by atoms with van der Waals surface area (Å²) in [6, 6.07) is 8.58. The van der Waals surface area contributed by atoms with Crippen LogP contribution in [-0.2, 0) is 17.6 Å². The third-order valence-electron chi connectivity index (χ3n) is 2.54. The van der Waals surface area contributed by atoms with Gasteiger partial charge in [-0.05, 0) is 30.9 Å². The molecule has 0 saturated heterocycles. The summed E-state index contributed by atoms with van der Waals surface area (Å²) in [5, 5.41) is 0.622. The molecule has 1 aliphatic carbocycles. The number of hydrogen-bond acceptors (Lipinski definition) is 2. The molecule has 2 heteroatoms. The van der Waals surface area contributed by atoms with Crippen LogP contribution in [0.1, 0.15) is 18.1 Å². The highest BCUT2D eigenvalue weighted by Crippen LogP contribution is 2.29. The van der Waals surface area contributed by atoms with Gasteiger partial charge in [0.05, 0.1) is 5.75 Å². The molecule has 1 aromatic rings. The summed E-state index contributed by atoms with van der Waals surface area (Å²) in [5.74, 6) is 0.949. The predicted molar refractivity (Wildman–Crippen MR) is 60.8 cm³/mol. The molecule has 0 unspecified atom stereocenters. The number of Topliss-reactive ketones (excluding diaryl/α,β-unsaturated/α-hetero) is 1. The highest BCUT2D eigenvalue weighted by atomic mass is 32.2. The van der Waals surface area contributed by atoms with Crippen LogP contribution >= 0.6 is 11.8 Å². The molecule has 0 spiro atoms. The molecule has 74 valence electrons. The van der Waals surface area contributed by atoms with Gasteiger partial charge < -0.3 is 0 Å². The summed E-state index contributed by atoms with van der Waals surface area (Å²) in [5.41, 5.74) is 2.93. The second kappa shape index (κ2) is 4.18. The zero-order valence-corrected chi connectivity index (χ0v) is 9.14. The zero-order valence-electron chi connectivity index (χ0n) is 8.32. The number of carbonyl (C=O) groups excluding carboxylic acids is 1. The Kier molecular flexibility index (Phi) is 2.92. The molecule has 14 heavy (non-hydrogen) atoms. The third kappa shape index (κ3) is 2.18. The maximum Gasteiger partial charge on any atom is 0.139 e. The first-order valence-corrected chi connectivity index (χ1v) is 5.98. The first kappa shape index (κ1) is 9.78. The Balaban J connectivity index is 1.95. The van der Waals surface area contributed by atoms with Gasteiger partial charge in [-0.2, -0.15) is 0 Å². The lowest BCUT2D eigenvalue weighted by molar-refractivity contribution is -0.114. The van der Waals surface area contributed by atoms with Crippen LogP contribution in [0, 0.1) is 0 Å². The first-order chi connectivity index (χ1) is 6.75. The number of benzene rings is 1. The average Bonchev–Trinajstić information content (AvgIpc) is 2.57. The molecular weight excluding hydrogens is 192 g/mol. The van der Waals surface area contributed by atoms with Crippen LogP contribution in [0.5, 0.6) is 0 Å². The number of fused-ring (bicyclic) bond motifs is 1. The van der Waals surface area contributed by atoms with E-state index in [1.807, 2.05) is 0 Å². The van der Waals surface area contributed by atoms with Crippen LogP contribution in [0.25, 0.3) is 0 Å². The number of thioether (sulfide) groups is 1. The van der Waals surface area contributed by atoms with Gasteiger partial charge in [-0.25, -0.2) is 0 Å². The highest BCUT2D eigenvalue weighted by Gasteiger charge is 2.21. The van der Waals surface area contributed by atoms with E-state index in [1.54, 1.807) is 18.7 Å². The number of ketones is 1. The summed E-state index contributed by atoms with van der Waals surface area (Å²) < 4.78 is 0. The largest absolute Gasteiger partial charge is 0.299 e. The molecule has 1 aliphatic rings. The Hall–Kier alpha value is -0.760. The van der Waals surface area contributed by atoms with Gasteiger partial charge in [0, 0.05) is 5.25 Å². The van der Waals surface area contributed by atoms with E-state index in [0.717, 1.165) is 12.8 Å². The monoisotopic (exact) mass is 206 g/mol. The van der Waals surface area contributed by atoms with Gasteiger partial charge in [-0.1, -0.05) is 24.3 Å². The van der Waals surface area contributed by atoms with Gasteiger partial charge in [-0.15, -0.1) is 11.8 Å². The molecule has 0 bridgehead atoms. The fraction of sp³-hybridized carbons (Fsp3) is 0.417. The fourth-order valence-electron chi connectivity index (χ4n) is 1.87. The molecule has 0 saturated carbocycles. The Morgan fingerprint density at radius 3 is 2.43 bits per heavy atom. The van der Waals surface area contributed by atoms with Crippen molar-refractivity contribution in [3.05, 3.63) is 35.4 Å². The van der Waals surface area contributed by atoms with E-state index < -0.39 is 0 Å². The summed E-state index contributed by atoms with van der Waals surface area (Å²) in [4.78, 5) is 10.9. The summed E-state index contributed by atoms with van der Waals surface area (Å²) in [6.45, 7) is 1.66. The molecule has 0 amide bonds. The van der Waals surface area contributed by atoms with Gasteiger partial charge in [0.15, 0.2) is 0 Å². The quantitative estimate of drug-likeness (QED) is 0.755. The van der Waals surface area contributed by atoms with Crippen molar-refractivity contribution in [3.63, 3.8) is 0 Å². The Bertz CT molecular complexity index is 321. The van der Waals surface area contributed by atoms with E-state index in [2.05, 4.69) is 24.3 Å². The molecule has 0 N–H and O–H groups in total. The van der Waals surface area contributed by atoms with Crippen LogP contribution in [0.2, 0.25) is 0 Å². The van der Waals surface area contributed by atoms with Crippen molar-refractivity contribution in [1.82, 2.24) is 0 Å². The average molecular weight is 206 g/mol. The maximum atomic E-state index is 10.9. The molecule has 1 nitrogen and oxygen atoms in total. The Morgan fingerprint density at radius 1 is 1.36 bits per heavy atom. The normalized spacial score (nSPS) is 15.5. The summed E-state index contributed by atoms with van der Waals surface area (Å²) in [7, 11) is 0. The van der Waals surface area contributed by atoms with Crippen molar-refractivity contribution in [1.29, 1.82) is 0 Å². The second-order valence-electron chi connectivity index (χ2n) is 3.81.